The number of benzene rings is 1. The quantitative estimate of drug-likeness (QED) is 0.885. The van der Waals surface area contributed by atoms with Crippen molar-refractivity contribution in [1.29, 1.82) is 0 Å². The number of carbonyl (C=O) groups excluding carboxylic acids is 1. The first-order valence-corrected chi connectivity index (χ1v) is 10.1. The van der Waals surface area contributed by atoms with E-state index in [1.165, 1.54) is 11.8 Å². The van der Waals surface area contributed by atoms with E-state index in [4.69, 9.17) is 0 Å². The van der Waals surface area contributed by atoms with Gasteiger partial charge < -0.3 is 4.90 Å². The fourth-order valence-corrected chi connectivity index (χ4v) is 4.15. The molecule has 0 bridgehead atoms. The molecule has 0 spiro atoms. The Morgan fingerprint density at radius 1 is 1.36 bits per heavy atom. The summed E-state index contributed by atoms with van der Waals surface area (Å²) in [5.41, 5.74) is 0. The Labute approximate surface area is 136 Å². The van der Waals surface area contributed by atoms with E-state index in [1.807, 2.05) is 13.2 Å². The van der Waals surface area contributed by atoms with Crippen LogP contribution in [0.3, 0.4) is 0 Å². The van der Waals surface area contributed by atoms with Gasteiger partial charge >= 0.3 is 0 Å². The van der Waals surface area contributed by atoms with Crippen LogP contribution in [0.15, 0.2) is 35.2 Å². The summed E-state index contributed by atoms with van der Waals surface area (Å²) in [5.74, 6) is 0.0797. The zero-order chi connectivity index (χ0) is 16.2. The molecule has 0 aliphatic carbocycles. The molecule has 1 aliphatic rings. The third kappa shape index (κ3) is 4.24. The van der Waals surface area contributed by atoms with Crippen molar-refractivity contribution >= 4 is 27.7 Å². The van der Waals surface area contributed by atoms with Gasteiger partial charge in [-0.2, -0.15) is 11.8 Å². The van der Waals surface area contributed by atoms with E-state index >= 15 is 0 Å². The number of amides is 1. The molecular weight excluding hydrogens is 320 g/mol. The summed E-state index contributed by atoms with van der Waals surface area (Å²) in [4.78, 5) is 14.3. The largest absolute Gasteiger partial charge is 0.340 e. The second-order valence-corrected chi connectivity index (χ2v) is 8.33. The summed E-state index contributed by atoms with van der Waals surface area (Å²) in [7, 11) is -3.53. The standard InChI is InChI=1S/C15H22N2O3S2/c1-12(21-2)15(18)17-10-6-7-13(11-17)16-22(19,20)14-8-4-3-5-9-14/h3-5,8-9,12-13,16H,6-7,10-11H2,1-2H3/t12-,13-/m0/s1. The lowest BCUT2D eigenvalue weighted by molar-refractivity contribution is -0.131. The van der Waals surface area contributed by atoms with E-state index in [2.05, 4.69) is 4.72 Å². The molecule has 1 N–H and O–H groups in total. The summed E-state index contributed by atoms with van der Waals surface area (Å²) >= 11 is 1.51. The van der Waals surface area contributed by atoms with Crippen LogP contribution in [0, 0.1) is 0 Å². The van der Waals surface area contributed by atoms with Gasteiger partial charge in [0, 0.05) is 19.1 Å². The van der Waals surface area contributed by atoms with E-state index in [9.17, 15) is 13.2 Å². The molecule has 0 radical (unpaired) electrons. The third-order valence-corrected chi connectivity index (χ3v) is 6.25. The normalized spacial score (nSPS) is 20.6. The van der Waals surface area contributed by atoms with Crippen LogP contribution in [0.25, 0.3) is 0 Å². The lowest BCUT2D eigenvalue weighted by Gasteiger charge is -2.34. The monoisotopic (exact) mass is 342 g/mol. The number of nitrogens with one attached hydrogen (secondary N) is 1. The van der Waals surface area contributed by atoms with Crippen molar-refractivity contribution in [2.24, 2.45) is 0 Å². The first-order valence-electron chi connectivity index (χ1n) is 7.33. The molecule has 122 valence electrons. The Balaban J connectivity index is 2.03. The van der Waals surface area contributed by atoms with E-state index < -0.39 is 10.0 Å². The van der Waals surface area contributed by atoms with Crippen molar-refractivity contribution in [2.75, 3.05) is 19.3 Å². The van der Waals surface area contributed by atoms with Gasteiger partial charge in [-0.1, -0.05) is 18.2 Å². The maximum atomic E-state index is 12.3. The predicted octanol–water partition coefficient (Wildman–Crippen LogP) is 1.71. The van der Waals surface area contributed by atoms with E-state index in [-0.39, 0.29) is 22.1 Å². The fraction of sp³-hybridized carbons (Fsp3) is 0.533. The summed E-state index contributed by atoms with van der Waals surface area (Å²) in [5, 5.41) is -0.0931. The van der Waals surface area contributed by atoms with Gasteiger partial charge in [0.2, 0.25) is 15.9 Å². The summed E-state index contributed by atoms with van der Waals surface area (Å²) in [6.07, 6.45) is 3.47. The molecule has 5 nitrogen and oxygen atoms in total. The van der Waals surface area contributed by atoms with Crippen LogP contribution in [0.2, 0.25) is 0 Å². The fourth-order valence-electron chi connectivity index (χ4n) is 2.52. The molecule has 1 saturated heterocycles. The summed E-state index contributed by atoms with van der Waals surface area (Å²) in [6.45, 7) is 3.02. The van der Waals surface area contributed by atoms with Crippen molar-refractivity contribution < 1.29 is 13.2 Å². The molecule has 1 fully saturated rings. The van der Waals surface area contributed by atoms with Gasteiger partial charge in [0.25, 0.3) is 0 Å². The molecule has 1 amide bonds. The number of piperidine rings is 1. The minimum Gasteiger partial charge on any atom is -0.340 e. The Morgan fingerprint density at radius 3 is 2.68 bits per heavy atom. The number of likely N-dealkylation sites (tertiary alicyclic amines) is 1. The number of sulfonamides is 1. The van der Waals surface area contributed by atoms with Crippen molar-refractivity contribution in [3.63, 3.8) is 0 Å². The SMILES string of the molecule is CS[C@@H](C)C(=O)N1CCC[C@H](NS(=O)(=O)c2ccccc2)C1. The molecule has 1 aromatic carbocycles. The Kier molecular flexibility index (Phi) is 5.88. The van der Waals surface area contributed by atoms with Crippen LogP contribution < -0.4 is 4.72 Å². The van der Waals surface area contributed by atoms with Gasteiger partial charge in [0.1, 0.15) is 0 Å². The van der Waals surface area contributed by atoms with Gasteiger partial charge in [-0.15, -0.1) is 0 Å². The van der Waals surface area contributed by atoms with Crippen LogP contribution in [-0.4, -0.2) is 49.9 Å². The van der Waals surface area contributed by atoms with Crippen LogP contribution in [0.5, 0.6) is 0 Å². The van der Waals surface area contributed by atoms with Crippen LogP contribution >= 0.6 is 11.8 Å². The summed E-state index contributed by atoms with van der Waals surface area (Å²) in [6, 6.07) is 8.10. The second-order valence-electron chi connectivity index (χ2n) is 5.44. The van der Waals surface area contributed by atoms with Crippen molar-refractivity contribution in [3.8, 4) is 0 Å². The number of rotatable bonds is 5. The second kappa shape index (κ2) is 7.48. The maximum absolute atomic E-state index is 12.3. The number of carbonyl (C=O) groups is 1. The molecule has 1 aromatic rings. The Hall–Kier alpha value is -1.05. The molecule has 1 aliphatic heterocycles. The molecular formula is C15H22N2O3S2. The minimum absolute atomic E-state index is 0.0797. The topological polar surface area (TPSA) is 66.5 Å². The number of hydrogen-bond acceptors (Lipinski definition) is 4. The number of thioether (sulfide) groups is 1. The highest BCUT2D eigenvalue weighted by molar-refractivity contribution is 7.99. The van der Waals surface area contributed by atoms with E-state index in [0.29, 0.717) is 13.1 Å². The molecule has 1 heterocycles. The zero-order valence-corrected chi connectivity index (χ0v) is 14.5. The van der Waals surface area contributed by atoms with Gasteiger partial charge in [-0.25, -0.2) is 13.1 Å². The Bertz CT molecular complexity index is 604. The smallest absolute Gasteiger partial charge is 0.240 e. The van der Waals surface area contributed by atoms with Crippen LogP contribution in [-0.2, 0) is 14.8 Å². The molecule has 0 unspecified atom stereocenters. The lowest BCUT2D eigenvalue weighted by atomic mass is 10.1. The van der Waals surface area contributed by atoms with Gasteiger partial charge in [0.15, 0.2) is 0 Å². The summed E-state index contributed by atoms with van der Waals surface area (Å²) < 4.78 is 27.4. The zero-order valence-electron chi connectivity index (χ0n) is 12.9. The predicted molar refractivity (Wildman–Crippen MR) is 89.3 cm³/mol. The number of nitrogens with zero attached hydrogens (tertiary/aromatic N) is 1. The number of hydrogen-bond donors (Lipinski definition) is 1. The third-order valence-electron chi connectivity index (χ3n) is 3.81. The van der Waals surface area contributed by atoms with Gasteiger partial charge in [-0.3, -0.25) is 4.79 Å². The molecule has 22 heavy (non-hydrogen) atoms. The first kappa shape index (κ1) is 17.3. The van der Waals surface area contributed by atoms with Crippen LogP contribution in [0.1, 0.15) is 19.8 Å². The first-order chi connectivity index (χ1) is 10.4. The molecule has 2 atom stereocenters. The van der Waals surface area contributed by atoms with Crippen LogP contribution in [0.4, 0.5) is 0 Å². The molecule has 2 rings (SSSR count). The average molecular weight is 342 g/mol. The minimum atomic E-state index is -3.53. The Morgan fingerprint density at radius 2 is 2.05 bits per heavy atom. The highest BCUT2D eigenvalue weighted by atomic mass is 32.2. The van der Waals surface area contributed by atoms with Gasteiger partial charge in [-0.05, 0) is 38.2 Å². The van der Waals surface area contributed by atoms with Gasteiger partial charge in [0.05, 0.1) is 10.1 Å². The molecule has 0 aromatic heterocycles. The van der Waals surface area contributed by atoms with Crippen molar-refractivity contribution in [2.45, 2.75) is 36.0 Å². The molecule has 7 heteroatoms. The average Bonchev–Trinajstić information content (AvgIpc) is 2.54. The lowest BCUT2D eigenvalue weighted by Crippen LogP contribution is -2.51. The molecule has 0 saturated carbocycles. The van der Waals surface area contributed by atoms with E-state index in [0.717, 1.165) is 12.8 Å². The maximum Gasteiger partial charge on any atom is 0.240 e. The highest BCUT2D eigenvalue weighted by Gasteiger charge is 2.29. The van der Waals surface area contributed by atoms with E-state index in [1.54, 1.807) is 35.2 Å². The van der Waals surface area contributed by atoms with Crippen molar-refractivity contribution in [1.82, 2.24) is 9.62 Å². The van der Waals surface area contributed by atoms with Crippen molar-refractivity contribution in [3.05, 3.63) is 30.3 Å². The highest BCUT2D eigenvalue weighted by Crippen LogP contribution is 2.17.